The van der Waals surface area contributed by atoms with Crippen molar-refractivity contribution in [2.24, 2.45) is 0 Å². The molecule has 0 spiro atoms. The highest BCUT2D eigenvalue weighted by Crippen LogP contribution is 2.12. The van der Waals surface area contributed by atoms with Crippen LogP contribution < -0.4 is 10.9 Å². The monoisotopic (exact) mass is 326 g/mol. The topological polar surface area (TPSA) is 34.0 Å². The number of nitrogens with zero attached hydrogens (tertiary/aromatic N) is 1. The van der Waals surface area contributed by atoms with Gasteiger partial charge in [0.25, 0.3) is 5.56 Å². The number of nitrogens with one attached hydrogen (secondary N) is 1. The van der Waals surface area contributed by atoms with Gasteiger partial charge in [0.2, 0.25) is 0 Å². The van der Waals surface area contributed by atoms with Gasteiger partial charge in [-0.05, 0) is 52.3 Å². The molecule has 0 aliphatic rings. The Morgan fingerprint density at radius 1 is 1.22 bits per heavy atom. The van der Waals surface area contributed by atoms with Crippen LogP contribution in [-0.2, 0) is 6.54 Å². The van der Waals surface area contributed by atoms with Crippen LogP contribution in [0.25, 0.3) is 0 Å². The number of aromatic nitrogens is 1. The van der Waals surface area contributed by atoms with E-state index >= 15 is 0 Å². The Balaban J connectivity index is 1.94. The van der Waals surface area contributed by atoms with Gasteiger partial charge in [0.15, 0.2) is 0 Å². The highest BCUT2D eigenvalue weighted by molar-refractivity contribution is 9.10. The molecule has 0 saturated carbocycles. The van der Waals surface area contributed by atoms with Gasteiger partial charge in [-0.2, -0.15) is 0 Å². The number of pyridine rings is 1. The molecule has 18 heavy (non-hydrogen) atoms. The van der Waals surface area contributed by atoms with Crippen molar-refractivity contribution in [2.45, 2.75) is 6.54 Å². The zero-order valence-corrected chi connectivity index (χ0v) is 11.9. The molecule has 0 aliphatic carbocycles. The summed E-state index contributed by atoms with van der Waals surface area (Å²) in [6.07, 6.45) is 1.77. The van der Waals surface area contributed by atoms with Gasteiger partial charge in [0.1, 0.15) is 0 Å². The number of anilines is 1. The van der Waals surface area contributed by atoms with Gasteiger partial charge in [0.05, 0.1) is 4.47 Å². The standard InChI is InChI=1S/C13H12BrClN2O/c14-12-2-1-8-17(13(12)18)9-7-16-11-5-3-10(15)4-6-11/h1-6,8,16H,7,9H2. The van der Waals surface area contributed by atoms with Gasteiger partial charge in [0, 0.05) is 30.0 Å². The molecule has 2 rings (SSSR count). The minimum absolute atomic E-state index is 0.0181. The Morgan fingerprint density at radius 2 is 1.94 bits per heavy atom. The highest BCUT2D eigenvalue weighted by atomic mass is 79.9. The average molecular weight is 328 g/mol. The first-order valence-electron chi connectivity index (χ1n) is 5.51. The van der Waals surface area contributed by atoms with Gasteiger partial charge in [-0.15, -0.1) is 0 Å². The van der Waals surface area contributed by atoms with Crippen molar-refractivity contribution in [3.8, 4) is 0 Å². The van der Waals surface area contributed by atoms with Crippen molar-refractivity contribution < 1.29 is 0 Å². The number of benzene rings is 1. The van der Waals surface area contributed by atoms with Crippen molar-refractivity contribution in [1.82, 2.24) is 4.57 Å². The summed E-state index contributed by atoms with van der Waals surface area (Å²) < 4.78 is 2.24. The molecule has 0 fully saturated rings. The summed E-state index contributed by atoms with van der Waals surface area (Å²) in [7, 11) is 0. The Morgan fingerprint density at radius 3 is 2.67 bits per heavy atom. The molecule has 0 unspecified atom stereocenters. The van der Waals surface area contributed by atoms with Crippen LogP contribution in [0.2, 0.25) is 5.02 Å². The van der Waals surface area contributed by atoms with Crippen LogP contribution in [0, 0.1) is 0 Å². The molecule has 1 aromatic heterocycles. The fourth-order valence-corrected chi connectivity index (χ4v) is 2.08. The minimum Gasteiger partial charge on any atom is -0.383 e. The summed E-state index contributed by atoms with van der Waals surface area (Å²) in [6.45, 7) is 1.29. The van der Waals surface area contributed by atoms with Crippen molar-refractivity contribution in [3.63, 3.8) is 0 Å². The Kier molecular flexibility index (Phi) is 4.44. The third-order valence-electron chi connectivity index (χ3n) is 2.50. The molecule has 94 valence electrons. The van der Waals surface area contributed by atoms with Crippen molar-refractivity contribution in [2.75, 3.05) is 11.9 Å². The van der Waals surface area contributed by atoms with E-state index in [9.17, 15) is 4.79 Å². The van der Waals surface area contributed by atoms with Crippen LogP contribution >= 0.6 is 27.5 Å². The van der Waals surface area contributed by atoms with E-state index < -0.39 is 0 Å². The molecule has 0 atom stereocenters. The van der Waals surface area contributed by atoms with Gasteiger partial charge in [-0.1, -0.05) is 11.6 Å². The van der Waals surface area contributed by atoms with Crippen LogP contribution in [0.4, 0.5) is 5.69 Å². The summed E-state index contributed by atoms with van der Waals surface area (Å²) in [5.74, 6) is 0. The number of halogens is 2. The molecule has 0 saturated heterocycles. The second-order valence-corrected chi connectivity index (χ2v) is 5.08. The van der Waals surface area contributed by atoms with E-state index in [1.54, 1.807) is 16.8 Å². The van der Waals surface area contributed by atoms with E-state index in [0.29, 0.717) is 22.6 Å². The smallest absolute Gasteiger partial charge is 0.264 e. The van der Waals surface area contributed by atoms with E-state index in [1.807, 2.05) is 30.3 Å². The minimum atomic E-state index is -0.0181. The largest absolute Gasteiger partial charge is 0.383 e. The molecule has 0 radical (unpaired) electrons. The highest BCUT2D eigenvalue weighted by Gasteiger charge is 1.99. The second kappa shape index (κ2) is 6.07. The maximum absolute atomic E-state index is 11.7. The third-order valence-corrected chi connectivity index (χ3v) is 3.36. The summed E-state index contributed by atoms with van der Waals surface area (Å²) >= 11 is 9.02. The molecular weight excluding hydrogens is 316 g/mol. The third kappa shape index (κ3) is 3.37. The van der Waals surface area contributed by atoms with Gasteiger partial charge in [-0.25, -0.2) is 0 Å². The maximum atomic E-state index is 11.7. The fraction of sp³-hybridized carbons (Fsp3) is 0.154. The van der Waals surface area contributed by atoms with E-state index in [-0.39, 0.29) is 5.56 Å². The Bertz CT molecular complexity index is 580. The maximum Gasteiger partial charge on any atom is 0.264 e. The van der Waals surface area contributed by atoms with Crippen LogP contribution in [0.15, 0.2) is 51.9 Å². The molecule has 2 aromatic rings. The number of hydrogen-bond acceptors (Lipinski definition) is 2. The summed E-state index contributed by atoms with van der Waals surface area (Å²) in [5, 5.41) is 3.95. The average Bonchev–Trinajstić information content (AvgIpc) is 2.37. The molecule has 0 bridgehead atoms. The lowest BCUT2D eigenvalue weighted by molar-refractivity contribution is 0.694. The van der Waals surface area contributed by atoms with E-state index in [2.05, 4.69) is 21.2 Å². The van der Waals surface area contributed by atoms with Crippen LogP contribution in [0.5, 0.6) is 0 Å². The molecule has 1 aromatic carbocycles. The van der Waals surface area contributed by atoms with E-state index in [0.717, 1.165) is 5.69 Å². The van der Waals surface area contributed by atoms with Gasteiger partial charge in [-0.3, -0.25) is 4.79 Å². The first-order valence-corrected chi connectivity index (χ1v) is 6.68. The van der Waals surface area contributed by atoms with E-state index in [4.69, 9.17) is 11.6 Å². The number of rotatable bonds is 4. The lowest BCUT2D eigenvalue weighted by atomic mass is 10.3. The Labute approximate surface area is 119 Å². The molecule has 0 amide bonds. The quantitative estimate of drug-likeness (QED) is 0.934. The molecule has 5 heteroatoms. The molecule has 1 heterocycles. The van der Waals surface area contributed by atoms with Gasteiger partial charge < -0.3 is 9.88 Å². The van der Waals surface area contributed by atoms with Crippen LogP contribution in [-0.4, -0.2) is 11.1 Å². The number of hydrogen-bond donors (Lipinski definition) is 1. The van der Waals surface area contributed by atoms with Gasteiger partial charge >= 0.3 is 0 Å². The van der Waals surface area contributed by atoms with Crippen molar-refractivity contribution in [1.29, 1.82) is 0 Å². The fourth-order valence-electron chi connectivity index (χ4n) is 1.57. The SMILES string of the molecule is O=c1c(Br)cccn1CCNc1ccc(Cl)cc1. The predicted molar refractivity (Wildman–Crippen MR) is 78.3 cm³/mol. The van der Waals surface area contributed by atoms with Crippen LogP contribution in [0.3, 0.4) is 0 Å². The first kappa shape index (κ1) is 13.2. The van der Waals surface area contributed by atoms with Crippen molar-refractivity contribution >= 4 is 33.2 Å². The van der Waals surface area contributed by atoms with Crippen molar-refractivity contribution in [3.05, 3.63) is 62.4 Å². The Hall–Kier alpha value is -1.26. The van der Waals surface area contributed by atoms with E-state index in [1.165, 1.54) is 0 Å². The molecular formula is C13H12BrClN2O. The first-order chi connectivity index (χ1) is 8.66. The zero-order chi connectivity index (χ0) is 13.0. The lowest BCUT2D eigenvalue weighted by Gasteiger charge is -2.08. The second-order valence-electron chi connectivity index (χ2n) is 3.79. The normalized spacial score (nSPS) is 10.3. The zero-order valence-electron chi connectivity index (χ0n) is 9.57. The lowest BCUT2D eigenvalue weighted by Crippen LogP contribution is -2.23. The summed E-state index contributed by atoms with van der Waals surface area (Å²) in [6, 6.07) is 11.1. The summed E-state index contributed by atoms with van der Waals surface area (Å²) in [5.41, 5.74) is 0.970. The molecule has 1 N–H and O–H groups in total. The van der Waals surface area contributed by atoms with Crippen LogP contribution in [0.1, 0.15) is 0 Å². The molecule has 0 aliphatic heterocycles. The predicted octanol–water partition coefficient (Wildman–Crippen LogP) is 3.38. The molecule has 3 nitrogen and oxygen atoms in total. The summed E-state index contributed by atoms with van der Waals surface area (Å²) in [4.78, 5) is 11.7.